The molecule has 5 nitrogen and oxygen atoms in total. The molecule has 0 saturated carbocycles. The maximum absolute atomic E-state index is 11.6. The van der Waals surface area contributed by atoms with E-state index in [2.05, 4.69) is 11.9 Å². The molecule has 1 saturated heterocycles. The van der Waals surface area contributed by atoms with Gasteiger partial charge in [-0.25, -0.2) is 4.79 Å². The largest absolute Gasteiger partial charge is 0.480 e. The molecular weight excluding hydrogens is 210 g/mol. The van der Waals surface area contributed by atoms with E-state index in [0.29, 0.717) is 32.5 Å². The fourth-order valence-electron chi connectivity index (χ4n) is 1.57. The van der Waals surface area contributed by atoms with Gasteiger partial charge < -0.3 is 15.2 Å². The first-order valence-corrected chi connectivity index (χ1v) is 5.37. The predicted octanol–water partition coefficient (Wildman–Crippen LogP) is 0.558. The molecule has 1 fully saturated rings. The molecule has 1 rings (SSSR count). The number of nitrogens with one attached hydrogen (secondary N) is 1. The summed E-state index contributed by atoms with van der Waals surface area (Å²) in [5.74, 6) is -1.44. The second-order valence-electron chi connectivity index (χ2n) is 3.83. The minimum Gasteiger partial charge on any atom is -0.480 e. The van der Waals surface area contributed by atoms with E-state index >= 15 is 0 Å². The maximum atomic E-state index is 11.6. The molecule has 0 radical (unpaired) electrons. The van der Waals surface area contributed by atoms with Crippen molar-refractivity contribution >= 4 is 11.9 Å². The van der Waals surface area contributed by atoms with Gasteiger partial charge in [-0.2, -0.15) is 0 Å². The molecule has 0 aromatic heterocycles. The van der Waals surface area contributed by atoms with Gasteiger partial charge in [0.25, 0.3) is 0 Å². The molecule has 0 bridgehead atoms. The molecule has 0 aliphatic carbocycles. The highest BCUT2D eigenvalue weighted by Gasteiger charge is 2.27. The van der Waals surface area contributed by atoms with E-state index in [4.69, 9.17) is 9.84 Å². The number of carbonyl (C=O) groups excluding carboxylic acids is 1. The molecule has 2 N–H and O–H groups in total. The molecular formula is C11H17NO4. The molecule has 0 aromatic rings. The number of amides is 1. The van der Waals surface area contributed by atoms with Crippen LogP contribution in [0.4, 0.5) is 0 Å². The van der Waals surface area contributed by atoms with E-state index in [1.54, 1.807) is 6.08 Å². The van der Waals surface area contributed by atoms with Gasteiger partial charge in [0.1, 0.15) is 6.04 Å². The van der Waals surface area contributed by atoms with Crippen molar-refractivity contribution in [3.63, 3.8) is 0 Å². The van der Waals surface area contributed by atoms with Gasteiger partial charge >= 0.3 is 5.97 Å². The summed E-state index contributed by atoms with van der Waals surface area (Å²) in [6.07, 6.45) is 3.25. The topological polar surface area (TPSA) is 75.6 Å². The van der Waals surface area contributed by atoms with Gasteiger partial charge in [0.15, 0.2) is 0 Å². The summed E-state index contributed by atoms with van der Waals surface area (Å²) in [5.41, 5.74) is 0. The average molecular weight is 227 g/mol. The van der Waals surface area contributed by atoms with Crippen molar-refractivity contribution in [3.05, 3.63) is 12.7 Å². The van der Waals surface area contributed by atoms with E-state index in [0.717, 1.165) is 0 Å². The fourth-order valence-corrected chi connectivity index (χ4v) is 1.57. The zero-order valence-corrected chi connectivity index (χ0v) is 9.15. The lowest BCUT2D eigenvalue weighted by molar-refractivity contribution is -0.142. The van der Waals surface area contributed by atoms with Gasteiger partial charge in [-0.3, -0.25) is 4.79 Å². The Morgan fingerprint density at radius 3 is 2.88 bits per heavy atom. The molecule has 0 unspecified atom stereocenters. The summed E-state index contributed by atoms with van der Waals surface area (Å²) in [4.78, 5) is 22.5. The lowest BCUT2D eigenvalue weighted by Gasteiger charge is -2.15. The molecule has 1 heterocycles. The Morgan fingerprint density at radius 2 is 2.38 bits per heavy atom. The van der Waals surface area contributed by atoms with E-state index < -0.39 is 12.0 Å². The van der Waals surface area contributed by atoms with E-state index in [-0.39, 0.29) is 11.8 Å². The third-order valence-corrected chi connectivity index (χ3v) is 2.57. The maximum Gasteiger partial charge on any atom is 0.326 e. The smallest absolute Gasteiger partial charge is 0.326 e. The number of ether oxygens (including phenoxy) is 1. The van der Waals surface area contributed by atoms with E-state index in [1.807, 2.05) is 0 Å². The van der Waals surface area contributed by atoms with Crippen molar-refractivity contribution in [2.24, 2.45) is 5.92 Å². The first-order valence-electron chi connectivity index (χ1n) is 5.37. The molecule has 1 amide bonds. The zero-order chi connectivity index (χ0) is 12.0. The zero-order valence-electron chi connectivity index (χ0n) is 9.15. The number of carbonyl (C=O) groups is 2. The van der Waals surface area contributed by atoms with E-state index in [9.17, 15) is 9.59 Å². The SMILES string of the molecule is C=CCC[C@@H](NC(=O)[C@H]1CCOC1)C(=O)O. The number of carboxylic acids is 1. The summed E-state index contributed by atoms with van der Waals surface area (Å²) in [7, 11) is 0. The number of rotatable bonds is 6. The van der Waals surface area contributed by atoms with Crippen LogP contribution in [0.3, 0.4) is 0 Å². The van der Waals surface area contributed by atoms with Gasteiger partial charge in [-0.05, 0) is 19.3 Å². The van der Waals surface area contributed by atoms with Crippen molar-refractivity contribution in [3.8, 4) is 0 Å². The minimum atomic E-state index is -1.01. The van der Waals surface area contributed by atoms with E-state index in [1.165, 1.54) is 0 Å². The third kappa shape index (κ3) is 3.66. The highest BCUT2D eigenvalue weighted by atomic mass is 16.5. The summed E-state index contributed by atoms with van der Waals surface area (Å²) < 4.78 is 5.08. The molecule has 0 aromatic carbocycles. The minimum absolute atomic E-state index is 0.203. The Balaban J connectivity index is 2.43. The molecule has 90 valence electrons. The van der Waals surface area contributed by atoms with Crippen LogP contribution in [0.2, 0.25) is 0 Å². The summed E-state index contributed by atoms with van der Waals surface area (Å²) in [6.45, 7) is 4.48. The standard InChI is InChI=1S/C11H17NO4/c1-2-3-4-9(11(14)15)12-10(13)8-5-6-16-7-8/h2,8-9H,1,3-7H2,(H,12,13)(H,14,15)/t8-,9+/m0/s1. The summed E-state index contributed by atoms with van der Waals surface area (Å²) in [5, 5.41) is 11.4. The van der Waals surface area contributed by atoms with Crippen LogP contribution in [0.15, 0.2) is 12.7 Å². The summed E-state index contributed by atoms with van der Waals surface area (Å²) in [6, 6.07) is -0.828. The highest BCUT2D eigenvalue weighted by molar-refractivity contribution is 5.85. The third-order valence-electron chi connectivity index (χ3n) is 2.57. The van der Waals surface area contributed by atoms with Crippen LogP contribution in [-0.4, -0.2) is 36.2 Å². The lowest BCUT2D eigenvalue weighted by Crippen LogP contribution is -2.43. The Hall–Kier alpha value is -1.36. The van der Waals surface area contributed by atoms with Crippen LogP contribution in [-0.2, 0) is 14.3 Å². The predicted molar refractivity (Wildman–Crippen MR) is 57.9 cm³/mol. The molecule has 1 aliphatic rings. The highest BCUT2D eigenvalue weighted by Crippen LogP contribution is 2.12. The van der Waals surface area contributed by atoms with Crippen LogP contribution >= 0.6 is 0 Å². The van der Waals surface area contributed by atoms with Gasteiger partial charge in [-0.15, -0.1) is 6.58 Å². The van der Waals surface area contributed by atoms with Gasteiger partial charge in [-0.1, -0.05) is 6.08 Å². The van der Waals surface area contributed by atoms with Crippen LogP contribution in [0.25, 0.3) is 0 Å². The molecule has 16 heavy (non-hydrogen) atoms. The monoisotopic (exact) mass is 227 g/mol. The van der Waals surface area contributed by atoms with Crippen molar-refractivity contribution in [1.82, 2.24) is 5.32 Å². The molecule has 2 atom stereocenters. The number of allylic oxidation sites excluding steroid dienone is 1. The molecule has 5 heteroatoms. The van der Waals surface area contributed by atoms with Gasteiger partial charge in [0.05, 0.1) is 12.5 Å². The molecule has 1 aliphatic heterocycles. The fraction of sp³-hybridized carbons (Fsp3) is 0.636. The van der Waals surface area contributed by atoms with Crippen LogP contribution in [0.5, 0.6) is 0 Å². The number of hydrogen-bond acceptors (Lipinski definition) is 3. The van der Waals surface area contributed by atoms with Crippen molar-refractivity contribution in [1.29, 1.82) is 0 Å². The van der Waals surface area contributed by atoms with Gasteiger partial charge in [0.2, 0.25) is 5.91 Å². The Kier molecular flexibility index (Phi) is 4.98. The van der Waals surface area contributed by atoms with Crippen molar-refractivity contribution < 1.29 is 19.4 Å². The van der Waals surface area contributed by atoms with Crippen LogP contribution < -0.4 is 5.32 Å². The number of carboxylic acid groups (broad SMARTS) is 1. The number of aliphatic carboxylic acids is 1. The second kappa shape index (κ2) is 6.27. The van der Waals surface area contributed by atoms with Crippen molar-refractivity contribution in [2.75, 3.05) is 13.2 Å². The average Bonchev–Trinajstić information content (AvgIpc) is 2.76. The lowest BCUT2D eigenvalue weighted by atomic mass is 10.1. The first-order chi connectivity index (χ1) is 7.65. The van der Waals surface area contributed by atoms with Crippen LogP contribution in [0, 0.1) is 5.92 Å². The van der Waals surface area contributed by atoms with Crippen molar-refractivity contribution in [2.45, 2.75) is 25.3 Å². The Morgan fingerprint density at radius 1 is 1.62 bits per heavy atom. The molecule has 0 spiro atoms. The van der Waals surface area contributed by atoms with Crippen LogP contribution in [0.1, 0.15) is 19.3 Å². The van der Waals surface area contributed by atoms with Gasteiger partial charge in [0, 0.05) is 6.61 Å². The normalized spacial score (nSPS) is 21.4. The number of hydrogen-bond donors (Lipinski definition) is 2. The quantitative estimate of drug-likeness (QED) is 0.650. The first kappa shape index (κ1) is 12.7. The summed E-state index contributed by atoms with van der Waals surface area (Å²) >= 11 is 0. The Bertz CT molecular complexity index is 271. The second-order valence-corrected chi connectivity index (χ2v) is 3.83. The Labute approximate surface area is 94.5 Å².